The molecule has 1 aromatic rings. The number of hydrogen-bond acceptors (Lipinski definition) is 4. The van der Waals surface area contributed by atoms with E-state index in [1.54, 1.807) is 0 Å². The van der Waals surface area contributed by atoms with Crippen LogP contribution in [0.15, 0.2) is 12.4 Å². The molecule has 1 aliphatic rings. The molecule has 17 heavy (non-hydrogen) atoms. The Morgan fingerprint density at radius 2 is 2.12 bits per heavy atom. The Kier molecular flexibility index (Phi) is 2.77. The van der Waals surface area contributed by atoms with Crippen LogP contribution in [0.2, 0.25) is 0 Å². The summed E-state index contributed by atoms with van der Waals surface area (Å²) in [4.78, 5) is 20.8. The van der Waals surface area contributed by atoms with Gasteiger partial charge in [0, 0.05) is 13.1 Å². The highest BCUT2D eigenvalue weighted by molar-refractivity contribution is 5.84. The molecule has 5 nitrogen and oxygen atoms in total. The lowest BCUT2D eigenvalue weighted by atomic mass is 10.00. The van der Waals surface area contributed by atoms with Crippen molar-refractivity contribution >= 4 is 11.8 Å². The van der Waals surface area contributed by atoms with Crippen LogP contribution in [0.3, 0.4) is 0 Å². The SMILES string of the molecule is CC(N(C)c1cnc(C(=O)O)cn1)C1(C)CC1. The summed E-state index contributed by atoms with van der Waals surface area (Å²) in [6, 6.07) is 0.382. The summed E-state index contributed by atoms with van der Waals surface area (Å²) in [6.07, 6.45) is 5.29. The fourth-order valence-corrected chi connectivity index (χ4v) is 1.89. The number of carboxylic acids is 1. The molecule has 1 aromatic heterocycles. The zero-order chi connectivity index (χ0) is 12.6. The molecule has 0 saturated heterocycles. The maximum atomic E-state index is 10.7. The molecule has 1 fully saturated rings. The number of aromatic carboxylic acids is 1. The van der Waals surface area contributed by atoms with Crippen LogP contribution in [0, 0.1) is 5.41 Å². The maximum absolute atomic E-state index is 10.7. The van der Waals surface area contributed by atoms with Crippen molar-refractivity contribution < 1.29 is 9.90 Å². The molecule has 1 saturated carbocycles. The predicted octanol–water partition coefficient (Wildman–Crippen LogP) is 1.80. The van der Waals surface area contributed by atoms with Gasteiger partial charge in [0.25, 0.3) is 0 Å². The van der Waals surface area contributed by atoms with Crippen LogP contribution in [0.4, 0.5) is 5.82 Å². The molecule has 0 bridgehead atoms. The summed E-state index contributed by atoms with van der Waals surface area (Å²) >= 11 is 0. The molecule has 0 spiro atoms. The monoisotopic (exact) mass is 235 g/mol. The molecule has 1 heterocycles. The molecule has 2 rings (SSSR count). The Labute approximate surface area is 100 Å². The van der Waals surface area contributed by atoms with Gasteiger partial charge in [-0.05, 0) is 25.2 Å². The van der Waals surface area contributed by atoms with Gasteiger partial charge in [-0.3, -0.25) is 0 Å². The Balaban J connectivity index is 2.14. The minimum Gasteiger partial charge on any atom is -0.476 e. The van der Waals surface area contributed by atoms with E-state index in [0.29, 0.717) is 11.5 Å². The highest BCUT2D eigenvalue weighted by Gasteiger charge is 2.44. The van der Waals surface area contributed by atoms with Crippen molar-refractivity contribution in [2.24, 2.45) is 5.41 Å². The van der Waals surface area contributed by atoms with Crippen LogP contribution in [0.1, 0.15) is 37.2 Å². The van der Waals surface area contributed by atoms with Crippen molar-refractivity contribution in [3.05, 3.63) is 18.1 Å². The van der Waals surface area contributed by atoms with E-state index in [1.165, 1.54) is 25.2 Å². The van der Waals surface area contributed by atoms with Gasteiger partial charge in [-0.1, -0.05) is 6.92 Å². The number of anilines is 1. The minimum atomic E-state index is -1.05. The van der Waals surface area contributed by atoms with Crippen LogP contribution in [0.5, 0.6) is 0 Å². The fraction of sp³-hybridized carbons (Fsp3) is 0.583. The number of hydrogen-bond donors (Lipinski definition) is 1. The normalized spacial score (nSPS) is 18.5. The third kappa shape index (κ3) is 2.23. The molecule has 1 atom stereocenters. The van der Waals surface area contributed by atoms with Crippen LogP contribution in [-0.2, 0) is 0 Å². The lowest BCUT2D eigenvalue weighted by molar-refractivity contribution is 0.0690. The molecule has 0 amide bonds. The lowest BCUT2D eigenvalue weighted by Gasteiger charge is -2.30. The summed E-state index contributed by atoms with van der Waals surface area (Å²) in [5, 5.41) is 8.75. The van der Waals surface area contributed by atoms with E-state index in [-0.39, 0.29) is 5.69 Å². The van der Waals surface area contributed by atoms with E-state index in [2.05, 4.69) is 28.7 Å². The molecule has 0 aromatic carbocycles. The number of nitrogens with zero attached hydrogens (tertiary/aromatic N) is 3. The number of rotatable bonds is 4. The zero-order valence-corrected chi connectivity index (χ0v) is 10.3. The van der Waals surface area contributed by atoms with Crippen molar-refractivity contribution in [1.29, 1.82) is 0 Å². The van der Waals surface area contributed by atoms with Crippen molar-refractivity contribution in [2.75, 3.05) is 11.9 Å². The van der Waals surface area contributed by atoms with Gasteiger partial charge in [0.15, 0.2) is 5.69 Å². The Morgan fingerprint density at radius 1 is 1.47 bits per heavy atom. The molecule has 1 aliphatic carbocycles. The van der Waals surface area contributed by atoms with Gasteiger partial charge in [0.05, 0.1) is 12.4 Å². The first-order valence-corrected chi connectivity index (χ1v) is 5.72. The van der Waals surface area contributed by atoms with Gasteiger partial charge in [0.2, 0.25) is 0 Å². The smallest absolute Gasteiger partial charge is 0.356 e. The Bertz CT molecular complexity index is 426. The van der Waals surface area contributed by atoms with Crippen LogP contribution >= 0.6 is 0 Å². The lowest BCUT2D eigenvalue weighted by Crippen LogP contribution is -2.36. The molecule has 92 valence electrons. The molecule has 5 heteroatoms. The van der Waals surface area contributed by atoms with E-state index in [1.807, 2.05) is 7.05 Å². The summed E-state index contributed by atoms with van der Waals surface area (Å²) in [5.74, 6) is -0.329. The molecule has 1 N–H and O–H groups in total. The van der Waals surface area contributed by atoms with Crippen molar-refractivity contribution in [2.45, 2.75) is 32.7 Å². The number of aromatic nitrogens is 2. The van der Waals surface area contributed by atoms with E-state index >= 15 is 0 Å². The molecular formula is C12H17N3O2. The molecule has 0 aliphatic heterocycles. The average molecular weight is 235 g/mol. The quantitative estimate of drug-likeness (QED) is 0.862. The van der Waals surface area contributed by atoms with Gasteiger partial charge in [-0.25, -0.2) is 14.8 Å². The first kappa shape index (κ1) is 11.8. The van der Waals surface area contributed by atoms with E-state index in [0.717, 1.165) is 5.82 Å². The number of carbonyl (C=O) groups is 1. The molecule has 1 unspecified atom stereocenters. The second kappa shape index (κ2) is 3.98. The maximum Gasteiger partial charge on any atom is 0.356 e. The highest BCUT2D eigenvalue weighted by Crippen LogP contribution is 2.49. The van der Waals surface area contributed by atoms with E-state index in [4.69, 9.17) is 5.11 Å². The van der Waals surface area contributed by atoms with Crippen molar-refractivity contribution in [3.63, 3.8) is 0 Å². The Morgan fingerprint density at radius 3 is 2.53 bits per heavy atom. The van der Waals surface area contributed by atoms with Crippen molar-refractivity contribution in [1.82, 2.24) is 9.97 Å². The first-order chi connectivity index (χ1) is 7.94. The average Bonchev–Trinajstić information content (AvgIpc) is 3.07. The first-order valence-electron chi connectivity index (χ1n) is 5.72. The van der Waals surface area contributed by atoms with Gasteiger partial charge in [0.1, 0.15) is 5.82 Å². The highest BCUT2D eigenvalue weighted by atomic mass is 16.4. The summed E-state index contributed by atoms with van der Waals surface area (Å²) in [7, 11) is 1.97. The Hall–Kier alpha value is -1.65. The molecular weight excluding hydrogens is 218 g/mol. The fourth-order valence-electron chi connectivity index (χ4n) is 1.89. The van der Waals surface area contributed by atoms with Gasteiger partial charge in [-0.2, -0.15) is 0 Å². The summed E-state index contributed by atoms with van der Waals surface area (Å²) in [6.45, 7) is 4.42. The zero-order valence-electron chi connectivity index (χ0n) is 10.3. The minimum absolute atomic E-state index is 0.0209. The topological polar surface area (TPSA) is 66.3 Å². The third-order valence-electron chi connectivity index (χ3n) is 3.85. The summed E-state index contributed by atoms with van der Waals surface area (Å²) in [5.41, 5.74) is 0.342. The van der Waals surface area contributed by atoms with Gasteiger partial charge >= 0.3 is 5.97 Å². The second-order valence-electron chi connectivity index (χ2n) is 5.01. The number of carboxylic acid groups (broad SMARTS) is 1. The largest absolute Gasteiger partial charge is 0.476 e. The predicted molar refractivity (Wildman–Crippen MR) is 64.2 cm³/mol. The molecule has 0 radical (unpaired) electrons. The van der Waals surface area contributed by atoms with Gasteiger partial charge in [-0.15, -0.1) is 0 Å². The van der Waals surface area contributed by atoms with Crippen LogP contribution in [-0.4, -0.2) is 34.1 Å². The van der Waals surface area contributed by atoms with Crippen molar-refractivity contribution in [3.8, 4) is 0 Å². The summed E-state index contributed by atoms with van der Waals surface area (Å²) < 4.78 is 0. The standard InChI is InChI=1S/C12H17N3O2/c1-8(12(2)4-5-12)15(3)10-7-13-9(6-14-10)11(16)17/h6-8H,4-5H2,1-3H3,(H,16,17). The van der Waals surface area contributed by atoms with Crippen LogP contribution < -0.4 is 4.90 Å². The second-order valence-corrected chi connectivity index (χ2v) is 5.01. The third-order valence-corrected chi connectivity index (χ3v) is 3.85. The van der Waals surface area contributed by atoms with E-state index in [9.17, 15) is 4.79 Å². The van der Waals surface area contributed by atoms with Crippen LogP contribution in [0.25, 0.3) is 0 Å². The van der Waals surface area contributed by atoms with E-state index < -0.39 is 5.97 Å². The van der Waals surface area contributed by atoms with Gasteiger partial charge < -0.3 is 10.0 Å².